The molecule has 0 aliphatic heterocycles. The lowest BCUT2D eigenvalue weighted by atomic mass is 10.3. The number of hydrogen-bond donors (Lipinski definition) is 3. The Kier molecular flexibility index (Phi) is 6.21. The van der Waals surface area contributed by atoms with Crippen LogP contribution in [0, 0.1) is 0 Å². The fourth-order valence-electron chi connectivity index (χ4n) is 1.32. The summed E-state index contributed by atoms with van der Waals surface area (Å²) in [5, 5.41) is 2.52. The number of nitrogen functional groups attached to an aromatic ring is 1. The monoisotopic (exact) mass is 321 g/mol. The second-order valence-electron chi connectivity index (χ2n) is 3.86. The average molecular weight is 322 g/mol. The standard InChI is InChI=1S/C11H16ClN3O4S/c1-19-5-4-14-11(16)7-15-20(17,18)10-6-8(13)2-3-9(10)12/h2-3,6,15H,4-5,7,13H2,1H3,(H,14,16). The Balaban J connectivity index is 2.66. The summed E-state index contributed by atoms with van der Waals surface area (Å²) in [4.78, 5) is 11.2. The number of benzene rings is 1. The average Bonchev–Trinajstić information content (AvgIpc) is 2.39. The van der Waals surface area contributed by atoms with Crippen LogP contribution in [-0.2, 0) is 19.6 Å². The van der Waals surface area contributed by atoms with Gasteiger partial charge in [-0.3, -0.25) is 4.79 Å². The lowest BCUT2D eigenvalue weighted by Crippen LogP contribution is -2.38. The van der Waals surface area contributed by atoms with Gasteiger partial charge in [-0.1, -0.05) is 11.6 Å². The van der Waals surface area contributed by atoms with Crippen LogP contribution in [0.25, 0.3) is 0 Å². The summed E-state index contributed by atoms with van der Waals surface area (Å²) in [5.74, 6) is -0.467. The third kappa shape index (κ3) is 4.97. The van der Waals surface area contributed by atoms with E-state index in [4.69, 9.17) is 22.1 Å². The van der Waals surface area contributed by atoms with E-state index < -0.39 is 22.5 Å². The molecule has 1 amide bonds. The minimum Gasteiger partial charge on any atom is -0.399 e. The number of nitrogens with one attached hydrogen (secondary N) is 2. The van der Waals surface area contributed by atoms with Gasteiger partial charge in [0, 0.05) is 19.3 Å². The second-order valence-corrected chi connectivity index (χ2v) is 6.00. The molecule has 0 aliphatic rings. The normalized spacial score (nSPS) is 11.3. The van der Waals surface area contributed by atoms with E-state index in [9.17, 15) is 13.2 Å². The van der Waals surface area contributed by atoms with Crippen LogP contribution >= 0.6 is 11.6 Å². The van der Waals surface area contributed by atoms with Crippen LogP contribution in [-0.4, -0.2) is 41.1 Å². The Morgan fingerprint density at radius 2 is 2.15 bits per heavy atom. The summed E-state index contributed by atoms with van der Waals surface area (Å²) in [6.45, 7) is 0.257. The predicted octanol–water partition coefficient (Wildman–Crippen LogP) is -0.0369. The molecule has 0 atom stereocenters. The molecule has 4 N–H and O–H groups in total. The number of hydrogen-bond acceptors (Lipinski definition) is 5. The molecule has 9 heteroatoms. The van der Waals surface area contributed by atoms with E-state index in [-0.39, 0.29) is 15.6 Å². The molecule has 0 aliphatic carbocycles. The Morgan fingerprint density at radius 1 is 1.45 bits per heavy atom. The first-order chi connectivity index (χ1) is 9.36. The maximum Gasteiger partial charge on any atom is 0.242 e. The number of ether oxygens (including phenoxy) is 1. The Labute approximate surface area is 122 Å². The topological polar surface area (TPSA) is 111 Å². The van der Waals surface area contributed by atoms with E-state index >= 15 is 0 Å². The maximum absolute atomic E-state index is 12.0. The first-order valence-electron chi connectivity index (χ1n) is 5.67. The molecular weight excluding hydrogens is 306 g/mol. The fraction of sp³-hybridized carbons (Fsp3) is 0.364. The van der Waals surface area contributed by atoms with E-state index in [1.54, 1.807) is 0 Å². The number of sulfonamides is 1. The first-order valence-corrected chi connectivity index (χ1v) is 7.53. The van der Waals surface area contributed by atoms with Gasteiger partial charge in [0.2, 0.25) is 15.9 Å². The highest BCUT2D eigenvalue weighted by atomic mass is 35.5. The number of nitrogens with two attached hydrogens (primary N) is 1. The molecular formula is C11H16ClN3O4S. The summed E-state index contributed by atoms with van der Waals surface area (Å²) in [6, 6.07) is 4.09. The molecule has 1 rings (SSSR count). The second kappa shape index (κ2) is 7.44. The smallest absolute Gasteiger partial charge is 0.242 e. The number of carbonyl (C=O) groups is 1. The Bertz CT molecular complexity index is 577. The van der Waals surface area contributed by atoms with E-state index in [1.165, 1.54) is 25.3 Å². The molecule has 1 aromatic rings. The lowest BCUT2D eigenvalue weighted by molar-refractivity contribution is -0.120. The number of anilines is 1. The summed E-state index contributed by atoms with van der Waals surface area (Å²) in [5.41, 5.74) is 5.78. The van der Waals surface area contributed by atoms with Gasteiger partial charge in [0.15, 0.2) is 0 Å². The third-order valence-corrected chi connectivity index (χ3v) is 4.18. The lowest BCUT2D eigenvalue weighted by Gasteiger charge is -2.09. The van der Waals surface area contributed by atoms with Crippen molar-refractivity contribution in [3.05, 3.63) is 23.2 Å². The van der Waals surface area contributed by atoms with Crippen LogP contribution in [0.3, 0.4) is 0 Å². The van der Waals surface area contributed by atoms with Crippen LogP contribution in [0.4, 0.5) is 5.69 Å². The highest BCUT2D eigenvalue weighted by molar-refractivity contribution is 7.89. The summed E-state index contributed by atoms with van der Waals surface area (Å²) in [7, 11) is -2.40. The quantitative estimate of drug-likeness (QED) is 0.482. The summed E-state index contributed by atoms with van der Waals surface area (Å²) in [6.07, 6.45) is 0. The molecule has 112 valence electrons. The van der Waals surface area contributed by atoms with Gasteiger partial charge in [-0.2, -0.15) is 0 Å². The van der Waals surface area contributed by atoms with Gasteiger partial charge >= 0.3 is 0 Å². The third-order valence-electron chi connectivity index (χ3n) is 2.30. The zero-order chi connectivity index (χ0) is 15.2. The molecule has 0 aromatic heterocycles. The molecule has 0 bridgehead atoms. The van der Waals surface area contributed by atoms with Crippen LogP contribution in [0.15, 0.2) is 23.1 Å². The van der Waals surface area contributed by atoms with Gasteiger partial charge < -0.3 is 15.8 Å². The molecule has 0 saturated carbocycles. The van der Waals surface area contributed by atoms with Gasteiger partial charge in [-0.15, -0.1) is 0 Å². The first kappa shape index (κ1) is 16.7. The number of halogens is 1. The van der Waals surface area contributed by atoms with E-state index in [0.29, 0.717) is 13.2 Å². The van der Waals surface area contributed by atoms with Gasteiger partial charge in [0.1, 0.15) is 4.90 Å². The SMILES string of the molecule is COCCNC(=O)CNS(=O)(=O)c1cc(N)ccc1Cl. The number of amides is 1. The van der Waals surface area contributed by atoms with Crippen molar-refractivity contribution >= 4 is 33.2 Å². The molecule has 0 unspecified atom stereocenters. The fourth-order valence-corrected chi connectivity index (χ4v) is 2.83. The minimum atomic E-state index is -3.89. The molecule has 0 heterocycles. The van der Waals surface area contributed by atoms with Crippen molar-refractivity contribution in [2.75, 3.05) is 32.5 Å². The zero-order valence-corrected chi connectivity index (χ0v) is 12.4. The van der Waals surface area contributed by atoms with E-state index in [2.05, 4.69) is 10.0 Å². The van der Waals surface area contributed by atoms with Crippen LogP contribution < -0.4 is 15.8 Å². The number of methoxy groups -OCH3 is 1. The number of rotatable bonds is 7. The van der Waals surface area contributed by atoms with Crippen molar-refractivity contribution in [3.8, 4) is 0 Å². The molecule has 7 nitrogen and oxygen atoms in total. The van der Waals surface area contributed by atoms with Gasteiger partial charge in [-0.25, -0.2) is 13.1 Å². The molecule has 0 radical (unpaired) electrons. The highest BCUT2D eigenvalue weighted by Crippen LogP contribution is 2.23. The van der Waals surface area contributed by atoms with Crippen molar-refractivity contribution in [1.29, 1.82) is 0 Å². The minimum absolute atomic E-state index is 0.0338. The van der Waals surface area contributed by atoms with Gasteiger partial charge in [-0.05, 0) is 18.2 Å². The maximum atomic E-state index is 12.0. The van der Waals surface area contributed by atoms with Crippen LogP contribution in [0.1, 0.15) is 0 Å². The summed E-state index contributed by atoms with van der Waals surface area (Å²) < 4.78 is 30.9. The van der Waals surface area contributed by atoms with Crippen molar-refractivity contribution in [2.45, 2.75) is 4.90 Å². The van der Waals surface area contributed by atoms with Crippen molar-refractivity contribution in [3.63, 3.8) is 0 Å². The highest BCUT2D eigenvalue weighted by Gasteiger charge is 2.19. The van der Waals surface area contributed by atoms with E-state index in [1.807, 2.05) is 0 Å². The van der Waals surface area contributed by atoms with Crippen molar-refractivity contribution in [2.24, 2.45) is 0 Å². The molecule has 0 spiro atoms. The van der Waals surface area contributed by atoms with Crippen LogP contribution in [0.2, 0.25) is 5.02 Å². The van der Waals surface area contributed by atoms with E-state index in [0.717, 1.165) is 0 Å². The number of carbonyl (C=O) groups excluding carboxylic acids is 1. The van der Waals surface area contributed by atoms with Crippen LogP contribution in [0.5, 0.6) is 0 Å². The Morgan fingerprint density at radius 3 is 2.80 bits per heavy atom. The predicted molar refractivity (Wildman–Crippen MR) is 75.9 cm³/mol. The molecule has 0 saturated heterocycles. The molecule has 0 fully saturated rings. The van der Waals surface area contributed by atoms with Gasteiger partial charge in [0.25, 0.3) is 0 Å². The zero-order valence-electron chi connectivity index (χ0n) is 10.8. The van der Waals surface area contributed by atoms with Crippen molar-refractivity contribution < 1.29 is 17.9 Å². The largest absolute Gasteiger partial charge is 0.399 e. The Hall–Kier alpha value is -1.35. The van der Waals surface area contributed by atoms with Gasteiger partial charge in [0.05, 0.1) is 18.2 Å². The molecule has 20 heavy (non-hydrogen) atoms. The molecule has 1 aromatic carbocycles. The van der Waals surface area contributed by atoms with Crippen molar-refractivity contribution in [1.82, 2.24) is 10.0 Å². The summed E-state index contributed by atoms with van der Waals surface area (Å²) >= 11 is 5.81.